The predicted molar refractivity (Wildman–Crippen MR) is 104 cm³/mol. The summed E-state index contributed by atoms with van der Waals surface area (Å²) in [5, 5.41) is 13.9. The van der Waals surface area contributed by atoms with E-state index < -0.39 is 5.60 Å². The van der Waals surface area contributed by atoms with Gasteiger partial charge in [-0.2, -0.15) is 0 Å². The monoisotopic (exact) mass is 365 g/mol. The molecule has 27 heavy (non-hydrogen) atoms. The lowest BCUT2D eigenvalue weighted by Gasteiger charge is -2.16. The van der Waals surface area contributed by atoms with Gasteiger partial charge >= 0.3 is 0 Å². The number of aryl methyl sites for hydroxylation is 1. The molecule has 1 saturated carbocycles. The molecular weight excluding hydrogens is 342 g/mol. The fraction of sp³-hybridized carbons (Fsp3) is 0.400. The highest BCUT2D eigenvalue weighted by Gasteiger charge is 2.22. The molecule has 3 aromatic rings. The maximum atomic E-state index is 12.6. The van der Waals surface area contributed by atoms with Crippen LogP contribution in [0.1, 0.15) is 32.4 Å². The Labute approximate surface area is 157 Å². The van der Waals surface area contributed by atoms with E-state index in [1.165, 1.54) is 23.7 Å². The third kappa shape index (κ3) is 3.55. The molecule has 1 aliphatic rings. The molecule has 0 saturated heterocycles. The second-order valence-corrected chi connectivity index (χ2v) is 7.73. The number of nitrogens with one attached hydrogen (secondary N) is 1. The molecule has 0 aromatic carbocycles. The van der Waals surface area contributed by atoms with Crippen LogP contribution < -0.4 is 10.9 Å². The summed E-state index contributed by atoms with van der Waals surface area (Å²) in [7, 11) is 1.69. The lowest BCUT2D eigenvalue weighted by atomic mass is 10.0. The first-order chi connectivity index (χ1) is 12.8. The highest BCUT2D eigenvalue weighted by Crippen LogP contribution is 2.30. The summed E-state index contributed by atoms with van der Waals surface area (Å²) in [5.74, 6) is 1.22. The molecule has 0 aliphatic heterocycles. The molecule has 0 unspecified atom stereocenters. The minimum atomic E-state index is -1.000. The molecule has 7 nitrogen and oxygen atoms in total. The highest BCUT2D eigenvalue weighted by molar-refractivity contribution is 5.91. The molecule has 0 spiro atoms. The SMILES string of the molecule is Cn1cnc2cc(-c3ccc(C(C)(C)O)nc3)nc(NCC3CC3)c2c1=O. The molecule has 0 radical (unpaired) electrons. The molecule has 0 atom stereocenters. The molecule has 2 N–H and O–H groups in total. The highest BCUT2D eigenvalue weighted by atomic mass is 16.3. The number of pyridine rings is 2. The topological polar surface area (TPSA) is 92.9 Å². The van der Waals surface area contributed by atoms with Gasteiger partial charge in [0.15, 0.2) is 0 Å². The lowest BCUT2D eigenvalue weighted by Crippen LogP contribution is -2.20. The van der Waals surface area contributed by atoms with Crippen LogP contribution in [0.2, 0.25) is 0 Å². The molecule has 1 aliphatic carbocycles. The van der Waals surface area contributed by atoms with Gasteiger partial charge in [-0.05, 0) is 50.8 Å². The van der Waals surface area contributed by atoms with E-state index >= 15 is 0 Å². The first kappa shape index (κ1) is 17.6. The van der Waals surface area contributed by atoms with E-state index in [-0.39, 0.29) is 5.56 Å². The smallest absolute Gasteiger partial charge is 0.264 e. The summed E-state index contributed by atoms with van der Waals surface area (Å²) < 4.78 is 1.46. The number of fused-ring (bicyclic) bond motifs is 1. The van der Waals surface area contributed by atoms with E-state index in [0.717, 1.165) is 12.1 Å². The van der Waals surface area contributed by atoms with Crippen LogP contribution in [0.3, 0.4) is 0 Å². The average molecular weight is 365 g/mol. The molecule has 3 heterocycles. The number of aromatic nitrogens is 4. The van der Waals surface area contributed by atoms with Crippen molar-refractivity contribution in [1.82, 2.24) is 19.5 Å². The standard InChI is InChI=1S/C20H23N5O2/c1-20(2,27)16-7-6-13(10-21-16)14-8-15-17(19(26)25(3)11-23-15)18(24-14)22-9-12-4-5-12/h6-8,10-12,27H,4-5,9H2,1-3H3,(H,22,24). The molecule has 7 heteroatoms. The third-order valence-electron chi connectivity index (χ3n) is 4.84. The van der Waals surface area contributed by atoms with Crippen molar-refractivity contribution in [3.63, 3.8) is 0 Å². The molecule has 0 amide bonds. The second kappa shape index (κ2) is 6.42. The summed E-state index contributed by atoms with van der Waals surface area (Å²) in [6.07, 6.45) is 5.63. The minimum Gasteiger partial charge on any atom is -0.384 e. The third-order valence-corrected chi connectivity index (χ3v) is 4.84. The van der Waals surface area contributed by atoms with E-state index in [9.17, 15) is 9.90 Å². The Morgan fingerprint density at radius 1 is 1.30 bits per heavy atom. The zero-order valence-electron chi connectivity index (χ0n) is 15.7. The molecule has 4 rings (SSSR count). The van der Waals surface area contributed by atoms with Crippen molar-refractivity contribution >= 4 is 16.7 Å². The van der Waals surface area contributed by atoms with E-state index in [1.54, 1.807) is 39.2 Å². The Balaban J connectivity index is 1.81. The Morgan fingerprint density at radius 2 is 2.07 bits per heavy atom. The number of rotatable bonds is 5. The summed E-state index contributed by atoms with van der Waals surface area (Å²) in [6, 6.07) is 5.47. The van der Waals surface area contributed by atoms with Crippen LogP contribution >= 0.6 is 0 Å². The van der Waals surface area contributed by atoms with Gasteiger partial charge in [-0.25, -0.2) is 9.97 Å². The van der Waals surface area contributed by atoms with Crippen LogP contribution in [0.4, 0.5) is 5.82 Å². The van der Waals surface area contributed by atoms with Gasteiger partial charge in [0.2, 0.25) is 0 Å². The van der Waals surface area contributed by atoms with Gasteiger partial charge < -0.3 is 15.0 Å². The molecule has 3 aromatic heterocycles. The molecular formula is C20H23N5O2. The normalized spacial score (nSPS) is 14.5. The van der Waals surface area contributed by atoms with E-state index in [0.29, 0.717) is 34.0 Å². The first-order valence-corrected chi connectivity index (χ1v) is 9.12. The molecule has 1 fully saturated rings. The van der Waals surface area contributed by atoms with Crippen molar-refractivity contribution in [3.8, 4) is 11.3 Å². The van der Waals surface area contributed by atoms with Crippen molar-refractivity contribution in [2.24, 2.45) is 13.0 Å². The number of aliphatic hydroxyl groups is 1. The quantitative estimate of drug-likeness (QED) is 0.721. The Bertz CT molecular complexity index is 1050. The summed E-state index contributed by atoms with van der Waals surface area (Å²) in [6.45, 7) is 4.20. The maximum Gasteiger partial charge on any atom is 0.264 e. The zero-order valence-corrected chi connectivity index (χ0v) is 15.7. The largest absolute Gasteiger partial charge is 0.384 e. The fourth-order valence-electron chi connectivity index (χ4n) is 2.97. The predicted octanol–water partition coefficient (Wildman–Crippen LogP) is 2.44. The van der Waals surface area contributed by atoms with Crippen LogP contribution in [0.25, 0.3) is 22.2 Å². The maximum absolute atomic E-state index is 12.6. The lowest BCUT2D eigenvalue weighted by molar-refractivity contribution is 0.0739. The summed E-state index contributed by atoms with van der Waals surface area (Å²) in [5.41, 5.74) is 1.57. The molecule has 140 valence electrons. The number of nitrogens with zero attached hydrogens (tertiary/aromatic N) is 4. The van der Waals surface area contributed by atoms with Gasteiger partial charge in [-0.1, -0.05) is 0 Å². The van der Waals surface area contributed by atoms with Crippen molar-refractivity contribution in [2.75, 3.05) is 11.9 Å². The van der Waals surface area contributed by atoms with Gasteiger partial charge in [0.25, 0.3) is 5.56 Å². The average Bonchev–Trinajstić information content (AvgIpc) is 3.46. The van der Waals surface area contributed by atoms with Crippen molar-refractivity contribution in [3.05, 3.63) is 46.8 Å². The van der Waals surface area contributed by atoms with E-state index in [4.69, 9.17) is 4.98 Å². The van der Waals surface area contributed by atoms with Crippen LogP contribution in [0, 0.1) is 5.92 Å². The minimum absolute atomic E-state index is 0.118. The van der Waals surface area contributed by atoms with Gasteiger partial charge in [0.1, 0.15) is 16.8 Å². The Morgan fingerprint density at radius 3 is 2.70 bits per heavy atom. The van der Waals surface area contributed by atoms with Crippen LogP contribution in [-0.4, -0.2) is 31.2 Å². The first-order valence-electron chi connectivity index (χ1n) is 9.12. The molecule has 0 bridgehead atoms. The van der Waals surface area contributed by atoms with Crippen LogP contribution in [-0.2, 0) is 12.6 Å². The number of hydrogen-bond donors (Lipinski definition) is 2. The second-order valence-electron chi connectivity index (χ2n) is 7.73. The summed E-state index contributed by atoms with van der Waals surface area (Å²) >= 11 is 0. The van der Waals surface area contributed by atoms with Gasteiger partial charge in [0, 0.05) is 25.4 Å². The fourth-order valence-corrected chi connectivity index (χ4v) is 2.97. The number of hydrogen-bond acceptors (Lipinski definition) is 6. The Hall–Kier alpha value is -2.80. The van der Waals surface area contributed by atoms with Gasteiger partial charge in [0.05, 0.1) is 23.2 Å². The summed E-state index contributed by atoms with van der Waals surface area (Å²) in [4.78, 5) is 26.1. The zero-order chi connectivity index (χ0) is 19.2. The van der Waals surface area contributed by atoms with Crippen molar-refractivity contribution in [1.29, 1.82) is 0 Å². The van der Waals surface area contributed by atoms with E-state index in [1.807, 2.05) is 6.07 Å². The van der Waals surface area contributed by atoms with Gasteiger partial charge in [-0.3, -0.25) is 9.78 Å². The van der Waals surface area contributed by atoms with Crippen molar-refractivity contribution < 1.29 is 5.11 Å². The number of anilines is 1. The van der Waals surface area contributed by atoms with E-state index in [2.05, 4.69) is 15.3 Å². The van der Waals surface area contributed by atoms with Crippen LogP contribution in [0.15, 0.2) is 35.5 Å². The van der Waals surface area contributed by atoms with Crippen molar-refractivity contribution in [2.45, 2.75) is 32.3 Å². The van der Waals surface area contributed by atoms with Crippen LogP contribution in [0.5, 0.6) is 0 Å². The van der Waals surface area contributed by atoms with Gasteiger partial charge in [-0.15, -0.1) is 0 Å². The Kier molecular flexibility index (Phi) is 4.19.